The fraction of sp³-hybridized carbons (Fsp3) is 0.778. The molecule has 0 spiro atoms. The van der Waals surface area contributed by atoms with Gasteiger partial charge in [-0.1, -0.05) is 6.92 Å². The van der Waals surface area contributed by atoms with Crippen molar-refractivity contribution in [3.8, 4) is 0 Å². The Balaban J connectivity index is 0.00000625. The van der Waals surface area contributed by atoms with Crippen LogP contribution in [0.15, 0.2) is 10.4 Å². The molecule has 2 unspecified atom stereocenters. The van der Waals surface area contributed by atoms with E-state index in [1.165, 1.54) is 0 Å². The SMILES string of the molecule is CCNC(=NCCN(C)C(C)CC)N(C)Cc1csc(C(C)OC)n1.I. The number of likely N-dealkylation sites (N-methyl/N-ethyl adjacent to an activating group) is 1. The van der Waals surface area contributed by atoms with Gasteiger partial charge in [-0.05, 0) is 34.2 Å². The molecule has 1 heterocycles. The Kier molecular flexibility index (Phi) is 13.4. The highest BCUT2D eigenvalue weighted by Gasteiger charge is 2.13. The smallest absolute Gasteiger partial charge is 0.194 e. The zero-order chi connectivity index (χ0) is 18.8. The van der Waals surface area contributed by atoms with Gasteiger partial charge in [0.2, 0.25) is 0 Å². The van der Waals surface area contributed by atoms with E-state index in [0.717, 1.165) is 49.3 Å². The van der Waals surface area contributed by atoms with Gasteiger partial charge in [-0.3, -0.25) is 4.99 Å². The molecule has 0 aliphatic carbocycles. The molecule has 1 aromatic rings. The predicted octanol–water partition coefficient (Wildman–Crippen LogP) is 3.60. The Hall–Kier alpha value is -0.450. The van der Waals surface area contributed by atoms with E-state index in [1.54, 1.807) is 18.4 Å². The molecule has 0 aliphatic rings. The summed E-state index contributed by atoms with van der Waals surface area (Å²) in [6.45, 7) is 11.9. The van der Waals surface area contributed by atoms with Crippen molar-refractivity contribution in [1.82, 2.24) is 20.1 Å². The topological polar surface area (TPSA) is 53.0 Å². The number of nitrogens with one attached hydrogen (secondary N) is 1. The van der Waals surface area contributed by atoms with Crippen LogP contribution in [0, 0.1) is 0 Å². The minimum absolute atomic E-state index is 0. The molecule has 0 aromatic carbocycles. The molecule has 2 atom stereocenters. The van der Waals surface area contributed by atoms with Gasteiger partial charge >= 0.3 is 0 Å². The number of ether oxygens (including phenoxy) is 1. The van der Waals surface area contributed by atoms with Crippen molar-refractivity contribution in [3.63, 3.8) is 0 Å². The van der Waals surface area contributed by atoms with Crippen molar-refractivity contribution in [1.29, 1.82) is 0 Å². The Morgan fingerprint density at radius 3 is 2.62 bits per heavy atom. The van der Waals surface area contributed by atoms with Crippen LogP contribution in [0.3, 0.4) is 0 Å². The first-order valence-corrected chi connectivity index (χ1v) is 9.97. The molecule has 6 nitrogen and oxygen atoms in total. The van der Waals surface area contributed by atoms with Crippen molar-refractivity contribution in [2.45, 2.75) is 52.8 Å². The van der Waals surface area contributed by atoms with Crippen molar-refractivity contribution < 1.29 is 4.74 Å². The van der Waals surface area contributed by atoms with Gasteiger partial charge in [0.25, 0.3) is 0 Å². The average Bonchev–Trinajstić information content (AvgIpc) is 3.07. The van der Waals surface area contributed by atoms with E-state index >= 15 is 0 Å². The normalized spacial score (nSPS) is 14.1. The standard InChI is InChI=1S/C18H35N5OS.HI/c1-8-14(3)22(5)11-10-20-18(19-9-2)23(6)12-16-13-25-17(21-16)15(4)24-7;/h13-15H,8-12H2,1-7H3,(H,19,20);1H. The maximum atomic E-state index is 5.34. The van der Waals surface area contributed by atoms with Crippen LogP contribution >= 0.6 is 35.3 Å². The van der Waals surface area contributed by atoms with Gasteiger partial charge in [0.15, 0.2) is 5.96 Å². The van der Waals surface area contributed by atoms with E-state index < -0.39 is 0 Å². The molecule has 0 amide bonds. The van der Waals surface area contributed by atoms with Gasteiger partial charge in [-0.2, -0.15) is 0 Å². The number of halogens is 1. The maximum absolute atomic E-state index is 5.34. The Bertz CT molecular complexity index is 525. The molecule has 0 saturated heterocycles. The number of hydrogen-bond acceptors (Lipinski definition) is 5. The number of thiazole rings is 1. The number of aromatic nitrogens is 1. The third-order valence-corrected chi connectivity index (χ3v) is 5.48. The average molecular weight is 497 g/mol. The van der Waals surface area contributed by atoms with E-state index in [2.05, 4.69) is 60.3 Å². The molecule has 0 bridgehead atoms. The number of guanidine groups is 1. The lowest BCUT2D eigenvalue weighted by molar-refractivity contribution is 0.119. The van der Waals surface area contributed by atoms with Crippen LogP contribution in [0.4, 0.5) is 0 Å². The second-order valence-electron chi connectivity index (χ2n) is 6.38. The maximum Gasteiger partial charge on any atom is 0.194 e. The summed E-state index contributed by atoms with van der Waals surface area (Å²) in [6.07, 6.45) is 1.20. The van der Waals surface area contributed by atoms with E-state index in [4.69, 9.17) is 9.73 Å². The first kappa shape index (κ1) is 25.6. The van der Waals surface area contributed by atoms with Crippen LogP contribution in [0.25, 0.3) is 0 Å². The van der Waals surface area contributed by atoms with Gasteiger partial charge in [-0.25, -0.2) is 4.98 Å². The zero-order valence-corrected chi connectivity index (χ0v) is 20.4. The number of nitrogens with zero attached hydrogens (tertiary/aromatic N) is 4. The van der Waals surface area contributed by atoms with E-state index in [9.17, 15) is 0 Å². The number of rotatable bonds is 10. The van der Waals surface area contributed by atoms with Crippen LogP contribution in [-0.4, -0.2) is 67.6 Å². The third-order valence-electron chi connectivity index (χ3n) is 4.42. The summed E-state index contributed by atoms with van der Waals surface area (Å²) in [6, 6.07) is 0.590. The molecule has 1 N–H and O–H groups in total. The fourth-order valence-corrected chi connectivity index (χ4v) is 3.16. The molecular weight excluding hydrogens is 461 g/mol. The summed E-state index contributed by atoms with van der Waals surface area (Å²) < 4.78 is 5.34. The minimum atomic E-state index is 0. The highest BCUT2D eigenvalue weighted by atomic mass is 127. The van der Waals surface area contributed by atoms with E-state index in [-0.39, 0.29) is 30.1 Å². The van der Waals surface area contributed by atoms with Crippen LogP contribution in [-0.2, 0) is 11.3 Å². The van der Waals surface area contributed by atoms with Gasteiger partial charge in [0.1, 0.15) is 11.1 Å². The third kappa shape index (κ3) is 8.49. The Morgan fingerprint density at radius 2 is 2.04 bits per heavy atom. The second kappa shape index (κ2) is 13.7. The Labute approximate surface area is 180 Å². The van der Waals surface area contributed by atoms with E-state index in [0.29, 0.717) is 6.04 Å². The van der Waals surface area contributed by atoms with Gasteiger partial charge < -0.3 is 19.9 Å². The number of methoxy groups -OCH3 is 1. The molecule has 1 aromatic heterocycles. The van der Waals surface area contributed by atoms with Crippen molar-refractivity contribution >= 4 is 41.3 Å². The number of aliphatic imine (C=N–C) groups is 1. The molecule has 0 aliphatic heterocycles. The summed E-state index contributed by atoms with van der Waals surface area (Å²) in [7, 11) is 5.93. The highest BCUT2D eigenvalue weighted by Crippen LogP contribution is 2.20. The van der Waals surface area contributed by atoms with Crippen LogP contribution in [0.2, 0.25) is 0 Å². The first-order chi connectivity index (χ1) is 11.9. The summed E-state index contributed by atoms with van der Waals surface area (Å²) >= 11 is 1.65. The van der Waals surface area contributed by atoms with Crippen molar-refractivity contribution in [2.24, 2.45) is 4.99 Å². The molecule has 8 heteroatoms. The predicted molar refractivity (Wildman–Crippen MR) is 123 cm³/mol. The molecule has 1 rings (SSSR count). The van der Waals surface area contributed by atoms with Crippen molar-refractivity contribution in [2.75, 3.05) is 40.8 Å². The lowest BCUT2D eigenvalue weighted by Crippen LogP contribution is -2.39. The minimum Gasteiger partial charge on any atom is -0.375 e. The lowest BCUT2D eigenvalue weighted by atomic mass is 10.2. The monoisotopic (exact) mass is 497 g/mol. The molecular formula is C18H36IN5OS. The van der Waals surface area contributed by atoms with Crippen LogP contribution in [0.5, 0.6) is 0 Å². The molecule has 0 fully saturated rings. The number of hydrogen-bond donors (Lipinski definition) is 1. The second-order valence-corrected chi connectivity index (χ2v) is 7.27. The quantitative estimate of drug-likeness (QED) is 0.304. The fourth-order valence-electron chi connectivity index (χ4n) is 2.32. The zero-order valence-electron chi connectivity index (χ0n) is 17.3. The molecule has 0 saturated carbocycles. The van der Waals surface area contributed by atoms with Crippen LogP contribution in [0.1, 0.15) is 50.9 Å². The van der Waals surface area contributed by atoms with E-state index in [1.807, 2.05) is 6.92 Å². The summed E-state index contributed by atoms with van der Waals surface area (Å²) in [5.41, 5.74) is 1.05. The summed E-state index contributed by atoms with van der Waals surface area (Å²) in [4.78, 5) is 13.9. The first-order valence-electron chi connectivity index (χ1n) is 9.09. The van der Waals surface area contributed by atoms with Gasteiger partial charge in [0.05, 0.1) is 18.8 Å². The summed E-state index contributed by atoms with van der Waals surface area (Å²) in [5.74, 6) is 0.925. The molecule has 0 radical (unpaired) electrons. The van der Waals surface area contributed by atoms with Gasteiger partial charge in [0, 0.05) is 38.7 Å². The largest absolute Gasteiger partial charge is 0.375 e. The Morgan fingerprint density at radius 1 is 1.35 bits per heavy atom. The van der Waals surface area contributed by atoms with Gasteiger partial charge in [-0.15, -0.1) is 35.3 Å². The van der Waals surface area contributed by atoms with Crippen molar-refractivity contribution in [3.05, 3.63) is 16.1 Å². The molecule has 26 heavy (non-hydrogen) atoms. The molecule has 152 valence electrons. The lowest BCUT2D eigenvalue weighted by Gasteiger charge is -2.24. The highest BCUT2D eigenvalue weighted by molar-refractivity contribution is 14.0. The van der Waals surface area contributed by atoms with Crippen LogP contribution < -0.4 is 5.32 Å². The summed E-state index contributed by atoms with van der Waals surface area (Å²) in [5, 5.41) is 6.48.